The Hall–Kier alpha value is -0.520. The van der Waals surface area contributed by atoms with Gasteiger partial charge < -0.3 is 0 Å². The third-order valence-electron chi connectivity index (χ3n) is 2.24. The van der Waals surface area contributed by atoms with E-state index >= 15 is 0 Å². The molecule has 70 valence electrons. The Labute approximate surface area is 77.4 Å². The summed E-state index contributed by atoms with van der Waals surface area (Å²) in [5.74, 6) is 0.543. The molecule has 0 saturated carbocycles. The lowest BCUT2D eigenvalue weighted by atomic mass is 9.99. The summed E-state index contributed by atoms with van der Waals surface area (Å²) in [6.45, 7) is 12.7. The molecule has 0 radical (unpaired) electrons. The molecule has 12 heavy (non-hydrogen) atoms. The van der Waals surface area contributed by atoms with E-state index in [9.17, 15) is 0 Å². The maximum atomic E-state index is 3.94. The van der Waals surface area contributed by atoms with Crippen LogP contribution in [0.15, 0.2) is 23.8 Å². The molecule has 0 bridgehead atoms. The Balaban J connectivity index is 3.89. The third-order valence-corrected chi connectivity index (χ3v) is 2.24. The summed E-state index contributed by atoms with van der Waals surface area (Å²) >= 11 is 0. The first-order chi connectivity index (χ1) is 5.57. The van der Waals surface area contributed by atoms with Gasteiger partial charge in [-0.3, -0.25) is 0 Å². The Bertz CT molecular complexity index is 163. The molecular formula is C12H22. The first-order valence-corrected chi connectivity index (χ1v) is 4.90. The average molecular weight is 166 g/mol. The summed E-state index contributed by atoms with van der Waals surface area (Å²) < 4.78 is 0. The molecule has 0 saturated heterocycles. The topological polar surface area (TPSA) is 0 Å². The molecule has 0 aliphatic carbocycles. The highest BCUT2D eigenvalue weighted by molar-refractivity contribution is 5.10. The van der Waals surface area contributed by atoms with Crippen molar-refractivity contribution < 1.29 is 0 Å². The van der Waals surface area contributed by atoms with Crippen LogP contribution in [0.4, 0.5) is 0 Å². The zero-order valence-electron chi connectivity index (χ0n) is 8.98. The molecule has 0 aromatic rings. The smallest absolute Gasteiger partial charge is 0.00545 e. The maximum Gasteiger partial charge on any atom is -0.00545 e. The van der Waals surface area contributed by atoms with Crippen LogP contribution in [-0.2, 0) is 0 Å². The maximum absolute atomic E-state index is 3.94. The predicted octanol–water partition coefficient (Wildman–Crippen LogP) is 4.34. The highest BCUT2D eigenvalue weighted by Crippen LogP contribution is 2.14. The van der Waals surface area contributed by atoms with Crippen LogP contribution in [-0.4, -0.2) is 0 Å². The second kappa shape index (κ2) is 6.05. The van der Waals surface area contributed by atoms with Gasteiger partial charge in [0.1, 0.15) is 0 Å². The number of rotatable bonds is 5. The SMILES string of the molecule is C=C(C)C(C)/C=C(\C)CCCC. The largest absolute Gasteiger partial charge is 0.0996 e. The van der Waals surface area contributed by atoms with Crippen molar-refractivity contribution in [3.63, 3.8) is 0 Å². The van der Waals surface area contributed by atoms with Gasteiger partial charge in [-0.1, -0.05) is 44.1 Å². The molecule has 0 nitrogen and oxygen atoms in total. The Morgan fingerprint density at radius 3 is 2.42 bits per heavy atom. The molecule has 0 spiro atoms. The van der Waals surface area contributed by atoms with E-state index in [-0.39, 0.29) is 0 Å². The highest BCUT2D eigenvalue weighted by atomic mass is 14.0. The van der Waals surface area contributed by atoms with Crippen molar-refractivity contribution in [2.24, 2.45) is 5.92 Å². The highest BCUT2D eigenvalue weighted by Gasteiger charge is 1.98. The van der Waals surface area contributed by atoms with Crippen molar-refractivity contribution in [1.82, 2.24) is 0 Å². The summed E-state index contributed by atoms with van der Waals surface area (Å²) in [6.07, 6.45) is 6.17. The number of hydrogen-bond donors (Lipinski definition) is 0. The minimum Gasteiger partial charge on any atom is -0.0996 e. The third kappa shape index (κ3) is 5.17. The van der Waals surface area contributed by atoms with Crippen molar-refractivity contribution >= 4 is 0 Å². The fourth-order valence-corrected chi connectivity index (χ4v) is 1.11. The number of hydrogen-bond acceptors (Lipinski definition) is 0. The summed E-state index contributed by atoms with van der Waals surface area (Å²) in [4.78, 5) is 0. The van der Waals surface area contributed by atoms with Crippen LogP contribution >= 0.6 is 0 Å². The van der Waals surface area contributed by atoms with Gasteiger partial charge in [0.05, 0.1) is 0 Å². The number of unbranched alkanes of at least 4 members (excludes halogenated alkanes) is 1. The summed E-state index contributed by atoms with van der Waals surface area (Å²) in [6, 6.07) is 0. The van der Waals surface area contributed by atoms with Gasteiger partial charge in [-0.25, -0.2) is 0 Å². The van der Waals surface area contributed by atoms with E-state index in [1.807, 2.05) is 0 Å². The molecule has 0 aromatic carbocycles. The van der Waals surface area contributed by atoms with Crippen molar-refractivity contribution in [1.29, 1.82) is 0 Å². The lowest BCUT2D eigenvalue weighted by Crippen LogP contribution is -1.91. The first kappa shape index (κ1) is 11.5. The van der Waals surface area contributed by atoms with Crippen LogP contribution in [0.5, 0.6) is 0 Å². The molecule has 0 aliphatic heterocycles. The van der Waals surface area contributed by atoms with Crippen LogP contribution < -0.4 is 0 Å². The lowest BCUT2D eigenvalue weighted by Gasteiger charge is -2.07. The monoisotopic (exact) mass is 166 g/mol. The summed E-state index contributed by atoms with van der Waals surface area (Å²) in [5, 5.41) is 0. The molecule has 0 heteroatoms. The van der Waals surface area contributed by atoms with Crippen LogP contribution in [0.25, 0.3) is 0 Å². The fraction of sp³-hybridized carbons (Fsp3) is 0.667. The lowest BCUT2D eigenvalue weighted by molar-refractivity contribution is 0.768. The Morgan fingerprint density at radius 2 is 2.00 bits per heavy atom. The van der Waals surface area contributed by atoms with Gasteiger partial charge in [-0.05, 0) is 32.6 Å². The van der Waals surface area contributed by atoms with Gasteiger partial charge in [0.25, 0.3) is 0 Å². The predicted molar refractivity (Wildman–Crippen MR) is 57.3 cm³/mol. The van der Waals surface area contributed by atoms with Gasteiger partial charge in [0.15, 0.2) is 0 Å². The molecule has 0 fully saturated rings. The van der Waals surface area contributed by atoms with Crippen molar-refractivity contribution in [3.05, 3.63) is 23.8 Å². The quantitative estimate of drug-likeness (QED) is 0.533. The van der Waals surface area contributed by atoms with Gasteiger partial charge in [-0.2, -0.15) is 0 Å². The normalized spacial score (nSPS) is 14.5. The zero-order chi connectivity index (χ0) is 9.56. The summed E-state index contributed by atoms with van der Waals surface area (Å²) in [7, 11) is 0. The molecule has 0 N–H and O–H groups in total. The van der Waals surface area contributed by atoms with E-state index in [0.29, 0.717) is 5.92 Å². The molecule has 1 atom stereocenters. The van der Waals surface area contributed by atoms with Crippen LogP contribution in [0.1, 0.15) is 47.0 Å². The zero-order valence-corrected chi connectivity index (χ0v) is 8.98. The molecule has 0 aliphatic rings. The minimum absolute atomic E-state index is 0.543. The second-order valence-corrected chi connectivity index (χ2v) is 3.75. The van der Waals surface area contributed by atoms with Crippen molar-refractivity contribution in [3.8, 4) is 0 Å². The van der Waals surface area contributed by atoms with E-state index in [0.717, 1.165) is 0 Å². The Morgan fingerprint density at radius 1 is 1.42 bits per heavy atom. The molecule has 0 heterocycles. The average Bonchev–Trinajstić information content (AvgIpc) is 2.00. The fourth-order valence-electron chi connectivity index (χ4n) is 1.11. The Kier molecular flexibility index (Phi) is 5.79. The molecule has 0 rings (SSSR count). The van der Waals surface area contributed by atoms with Gasteiger partial charge in [0, 0.05) is 0 Å². The van der Waals surface area contributed by atoms with Crippen LogP contribution in [0, 0.1) is 5.92 Å². The van der Waals surface area contributed by atoms with Crippen LogP contribution in [0.2, 0.25) is 0 Å². The van der Waals surface area contributed by atoms with Crippen LogP contribution in [0.3, 0.4) is 0 Å². The number of allylic oxidation sites excluding steroid dienone is 3. The van der Waals surface area contributed by atoms with E-state index in [4.69, 9.17) is 0 Å². The van der Waals surface area contributed by atoms with Gasteiger partial charge in [-0.15, -0.1) is 0 Å². The van der Waals surface area contributed by atoms with E-state index < -0.39 is 0 Å². The molecule has 0 amide bonds. The molecule has 1 unspecified atom stereocenters. The van der Waals surface area contributed by atoms with E-state index in [1.54, 1.807) is 0 Å². The van der Waals surface area contributed by atoms with Crippen molar-refractivity contribution in [2.75, 3.05) is 0 Å². The molecular weight excluding hydrogens is 144 g/mol. The molecule has 0 aromatic heterocycles. The van der Waals surface area contributed by atoms with E-state index in [2.05, 4.69) is 40.3 Å². The minimum atomic E-state index is 0.543. The van der Waals surface area contributed by atoms with Gasteiger partial charge >= 0.3 is 0 Å². The van der Waals surface area contributed by atoms with E-state index in [1.165, 1.54) is 30.4 Å². The van der Waals surface area contributed by atoms with Gasteiger partial charge in [0.2, 0.25) is 0 Å². The van der Waals surface area contributed by atoms with Crippen molar-refractivity contribution in [2.45, 2.75) is 47.0 Å². The standard InChI is InChI=1S/C12H22/c1-6-7-8-11(4)9-12(5)10(2)3/h9,12H,2,6-8H2,1,3-5H3/b11-9+. The summed E-state index contributed by atoms with van der Waals surface area (Å²) in [5.41, 5.74) is 2.76. The first-order valence-electron chi connectivity index (χ1n) is 4.90. The second-order valence-electron chi connectivity index (χ2n) is 3.75.